The van der Waals surface area contributed by atoms with Gasteiger partial charge >= 0.3 is 5.97 Å². The van der Waals surface area contributed by atoms with E-state index in [0.29, 0.717) is 54.7 Å². The fourth-order valence-corrected chi connectivity index (χ4v) is 9.68. The molecule has 2 aromatic carbocycles. The SMILES string of the molecule is C/C=C(/C)C(=O)O[C@@H]1Cc2c3c(c4oc(CO)cc(=O)c4c2O)[C@@H]2C4=CCNC(N)=C4[C@@H](CCc4ccc(O)cc4[C@H]2CO)C[C@@H](CC2=CNC(N)C=C2)[C@]1(C)O3. The minimum Gasteiger partial charge on any atom is -0.508 e. The molecule has 1 aliphatic carbocycles. The van der Waals surface area contributed by atoms with Gasteiger partial charge in [-0.1, -0.05) is 24.3 Å². The van der Waals surface area contributed by atoms with Crippen LogP contribution >= 0.6 is 0 Å². The summed E-state index contributed by atoms with van der Waals surface area (Å²) in [5.74, 6) is -2.32. The Labute approximate surface area is 330 Å². The normalized spacial score (nSPS) is 28.0. The number of allylic oxidation sites excluding steroid dienone is 5. The van der Waals surface area contributed by atoms with Gasteiger partial charge in [-0.25, -0.2) is 4.79 Å². The van der Waals surface area contributed by atoms with Gasteiger partial charge in [0.15, 0.2) is 5.43 Å². The quantitative estimate of drug-likeness (QED) is 0.130. The van der Waals surface area contributed by atoms with E-state index in [2.05, 4.69) is 10.6 Å². The Morgan fingerprint density at radius 3 is 2.72 bits per heavy atom. The van der Waals surface area contributed by atoms with Crippen molar-refractivity contribution >= 4 is 16.9 Å². The van der Waals surface area contributed by atoms with Gasteiger partial charge in [-0.2, -0.15) is 0 Å². The van der Waals surface area contributed by atoms with Gasteiger partial charge in [0.25, 0.3) is 0 Å². The number of aliphatic hydroxyl groups excluding tert-OH is 2. The highest BCUT2D eigenvalue weighted by Crippen LogP contribution is 2.59. The summed E-state index contributed by atoms with van der Waals surface area (Å²) in [4.78, 5) is 27.8. The van der Waals surface area contributed by atoms with E-state index in [9.17, 15) is 30.0 Å². The van der Waals surface area contributed by atoms with Crippen molar-refractivity contribution in [3.05, 3.63) is 121 Å². The van der Waals surface area contributed by atoms with Gasteiger partial charge in [0.05, 0.1) is 12.8 Å². The minimum atomic E-state index is -1.26. The zero-order chi connectivity index (χ0) is 40.3. The average molecular weight is 779 g/mol. The second kappa shape index (κ2) is 14.8. The van der Waals surface area contributed by atoms with Crippen LogP contribution in [0.25, 0.3) is 11.0 Å². The molecule has 13 nitrogen and oxygen atoms in total. The van der Waals surface area contributed by atoms with E-state index in [4.69, 9.17) is 25.4 Å². The van der Waals surface area contributed by atoms with Gasteiger partial charge < -0.3 is 56.4 Å². The Balaban J connectivity index is 1.51. The number of aromatic hydroxyl groups is 2. The van der Waals surface area contributed by atoms with E-state index < -0.39 is 41.5 Å². The van der Waals surface area contributed by atoms with Gasteiger partial charge in [0.2, 0.25) is 0 Å². The van der Waals surface area contributed by atoms with Crippen molar-refractivity contribution in [3.63, 3.8) is 0 Å². The van der Waals surface area contributed by atoms with Crippen molar-refractivity contribution in [2.45, 2.75) is 89.2 Å². The molecular weight excluding hydrogens is 729 g/mol. The van der Waals surface area contributed by atoms with E-state index in [1.807, 2.05) is 37.4 Å². The monoisotopic (exact) mass is 778 g/mol. The van der Waals surface area contributed by atoms with E-state index in [-0.39, 0.29) is 70.6 Å². The number of aryl methyl sites for hydroxylation is 1. The number of ether oxygens (including phenoxy) is 2. The van der Waals surface area contributed by atoms with Gasteiger partial charge in [-0.15, -0.1) is 0 Å². The van der Waals surface area contributed by atoms with Gasteiger partial charge in [-0.3, -0.25) is 4.79 Å². The number of rotatable bonds is 6. The molecule has 4 bridgehead atoms. The summed E-state index contributed by atoms with van der Waals surface area (Å²) < 4.78 is 20.2. The molecule has 8 rings (SSSR count). The molecule has 1 unspecified atom stereocenters. The number of phenolic OH excluding ortho intramolecular Hbond substituents is 2. The second-order valence-electron chi connectivity index (χ2n) is 16.0. The van der Waals surface area contributed by atoms with E-state index in [0.717, 1.165) is 28.3 Å². The van der Waals surface area contributed by atoms with Crippen LogP contribution < -0.4 is 32.3 Å². The molecular formula is C44H50N4O9. The van der Waals surface area contributed by atoms with Crippen LogP contribution in [-0.4, -0.2) is 57.4 Å². The van der Waals surface area contributed by atoms with Crippen LogP contribution in [0.4, 0.5) is 0 Å². The third kappa shape index (κ3) is 6.47. The summed E-state index contributed by atoms with van der Waals surface area (Å²) in [6.07, 6.45) is 10.4. The first kappa shape index (κ1) is 38.4. The standard InChI is InChI=1S/C44H50N4O9/c1-4-21(2)43(54)56-33-17-30-39(53)37-32(52)16-27(19-49)55-41(37)38-36-28-11-12-47-42(46)35(28)24(7-6-23-8-9-26(51)15-29(23)31(36)20-50)14-25(44(33,3)57-40(30)38)13-22-5-10-34(45)48-18-22/h4-5,8-11,15-16,18,24-25,31,33-34,36,47-51,53H,6-7,12-14,17,19-20,45-46H2,1-3H3/b21-4-/t24-,25+,31+,33+,34?,36+,44-/m0/s1. The number of dihydropyridines is 2. The first-order chi connectivity index (χ1) is 27.4. The van der Waals surface area contributed by atoms with E-state index in [1.54, 1.807) is 32.1 Å². The molecule has 3 aromatic rings. The van der Waals surface area contributed by atoms with Gasteiger partial charge in [0, 0.05) is 59.7 Å². The largest absolute Gasteiger partial charge is 0.508 e. The molecule has 0 amide bonds. The number of carbonyl (C=O) groups is 1. The molecule has 4 aliphatic heterocycles. The van der Waals surface area contributed by atoms with Crippen molar-refractivity contribution in [2.75, 3.05) is 13.2 Å². The van der Waals surface area contributed by atoms with Crippen LogP contribution in [-0.2, 0) is 29.0 Å². The number of esters is 1. The molecule has 1 aromatic heterocycles. The summed E-state index contributed by atoms with van der Waals surface area (Å²) in [5.41, 5.74) is 16.6. The number of hydrogen-bond acceptors (Lipinski definition) is 13. The highest BCUT2D eigenvalue weighted by atomic mass is 16.6. The number of aliphatic hydroxyl groups is 2. The second-order valence-corrected chi connectivity index (χ2v) is 16.0. The number of benzene rings is 2. The first-order valence-corrected chi connectivity index (χ1v) is 19.6. The van der Waals surface area contributed by atoms with Gasteiger partial charge in [0.1, 0.15) is 58.1 Å². The van der Waals surface area contributed by atoms with Crippen LogP contribution in [0.3, 0.4) is 0 Å². The lowest BCUT2D eigenvalue weighted by molar-refractivity contribution is -0.165. The molecule has 7 atom stereocenters. The van der Waals surface area contributed by atoms with Crippen molar-refractivity contribution in [3.8, 4) is 17.2 Å². The fraction of sp³-hybridized carbons (Fsp3) is 0.409. The highest BCUT2D eigenvalue weighted by molar-refractivity contribution is 5.92. The number of hydrogen-bond donors (Lipinski definition) is 8. The molecule has 0 saturated carbocycles. The molecule has 5 aliphatic rings. The maximum absolute atomic E-state index is 14.1. The molecule has 57 heavy (non-hydrogen) atoms. The lowest BCUT2D eigenvalue weighted by Crippen LogP contribution is -2.57. The molecule has 0 spiro atoms. The summed E-state index contributed by atoms with van der Waals surface area (Å²) in [7, 11) is 0. The predicted molar refractivity (Wildman–Crippen MR) is 213 cm³/mol. The van der Waals surface area contributed by atoms with Crippen molar-refractivity contribution < 1.29 is 39.1 Å². The molecule has 0 radical (unpaired) electrons. The molecule has 300 valence electrons. The number of nitrogens with two attached hydrogens (primary N) is 2. The van der Waals surface area contributed by atoms with Crippen LogP contribution in [0.5, 0.6) is 17.2 Å². The Morgan fingerprint density at radius 1 is 1.19 bits per heavy atom. The smallest absolute Gasteiger partial charge is 0.333 e. The van der Waals surface area contributed by atoms with E-state index in [1.165, 1.54) is 0 Å². The summed E-state index contributed by atoms with van der Waals surface area (Å²) in [6.45, 7) is 4.75. The number of phenols is 2. The summed E-state index contributed by atoms with van der Waals surface area (Å²) >= 11 is 0. The first-order valence-electron chi connectivity index (χ1n) is 19.6. The average Bonchev–Trinajstić information content (AvgIpc) is 3.24. The third-order valence-electron chi connectivity index (χ3n) is 12.8. The van der Waals surface area contributed by atoms with Crippen molar-refractivity contribution in [2.24, 2.45) is 23.3 Å². The minimum absolute atomic E-state index is 0.00288. The number of nitrogens with one attached hydrogen (secondary N) is 2. The number of fused-ring (bicyclic) bond motifs is 5. The topological polar surface area (TPSA) is 223 Å². The number of carbonyl (C=O) groups excluding carboxylic acids is 1. The lowest BCUT2D eigenvalue weighted by Gasteiger charge is -2.50. The Kier molecular flexibility index (Phi) is 9.95. The Hall–Kier alpha value is -5.50. The Morgan fingerprint density at radius 2 is 2.00 bits per heavy atom. The highest BCUT2D eigenvalue weighted by Gasteiger charge is 2.54. The summed E-state index contributed by atoms with van der Waals surface area (Å²) in [6, 6.07) is 6.34. The van der Waals surface area contributed by atoms with Crippen LogP contribution in [0.1, 0.15) is 79.9 Å². The predicted octanol–water partition coefficient (Wildman–Crippen LogP) is 4.13. The zero-order valence-electron chi connectivity index (χ0n) is 32.3. The molecule has 10 N–H and O–H groups in total. The van der Waals surface area contributed by atoms with Crippen LogP contribution in [0.2, 0.25) is 0 Å². The lowest BCUT2D eigenvalue weighted by atomic mass is 9.65. The maximum atomic E-state index is 14.1. The third-order valence-corrected chi connectivity index (χ3v) is 12.8. The zero-order valence-corrected chi connectivity index (χ0v) is 32.3. The van der Waals surface area contributed by atoms with Crippen molar-refractivity contribution in [1.82, 2.24) is 10.6 Å². The van der Waals surface area contributed by atoms with Crippen molar-refractivity contribution in [1.29, 1.82) is 0 Å². The molecule has 5 heterocycles. The van der Waals surface area contributed by atoms with Crippen LogP contribution in [0.15, 0.2) is 92.1 Å². The fourth-order valence-electron chi connectivity index (χ4n) is 9.68. The molecule has 0 fully saturated rings. The van der Waals surface area contributed by atoms with E-state index >= 15 is 0 Å². The molecule has 13 heteroatoms. The molecule has 0 saturated heterocycles. The van der Waals surface area contributed by atoms with Gasteiger partial charge in [-0.05, 0) is 98.4 Å². The van der Waals surface area contributed by atoms with Crippen LogP contribution in [0, 0.1) is 11.8 Å². The Bertz CT molecular complexity index is 2370. The summed E-state index contributed by atoms with van der Waals surface area (Å²) in [5, 5.41) is 51.4. The maximum Gasteiger partial charge on any atom is 0.333 e.